The molecular formula is C15H25N5O. The van der Waals surface area contributed by atoms with Crippen LogP contribution in [0.25, 0.3) is 0 Å². The Labute approximate surface area is 126 Å². The fourth-order valence-corrected chi connectivity index (χ4v) is 2.81. The normalized spacial score (nSPS) is 15.3. The highest BCUT2D eigenvalue weighted by Gasteiger charge is 2.18. The standard InChI is InChI=1S/C15H25N5O/c1-3-11-12(4-2)18-19-15(13(11)14(16)17)21-10-9-20-7-5-6-8-20/h3-10H2,1-2H3,(H3,16,17). The van der Waals surface area contributed by atoms with Crippen LogP contribution in [-0.4, -0.2) is 47.2 Å². The maximum absolute atomic E-state index is 7.81. The Morgan fingerprint density at radius 2 is 1.95 bits per heavy atom. The Kier molecular flexibility index (Phi) is 5.50. The number of aryl methyl sites for hydroxylation is 1. The van der Waals surface area contributed by atoms with E-state index in [1.807, 2.05) is 13.8 Å². The number of amidine groups is 1. The summed E-state index contributed by atoms with van der Waals surface area (Å²) in [7, 11) is 0. The lowest BCUT2D eigenvalue weighted by Crippen LogP contribution is -2.26. The molecule has 6 heteroatoms. The molecule has 1 aliphatic rings. The molecule has 21 heavy (non-hydrogen) atoms. The predicted octanol–water partition coefficient (Wildman–Crippen LogP) is 1.36. The third-order valence-corrected chi connectivity index (χ3v) is 3.93. The Morgan fingerprint density at radius 3 is 2.52 bits per heavy atom. The molecule has 6 nitrogen and oxygen atoms in total. The molecule has 1 saturated heterocycles. The molecule has 0 radical (unpaired) electrons. The van der Waals surface area contributed by atoms with Gasteiger partial charge in [0, 0.05) is 6.54 Å². The molecule has 116 valence electrons. The zero-order valence-corrected chi connectivity index (χ0v) is 13.0. The van der Waals surface area contributed by atoms with Crippen LogP contribution in [0.2, 0.25) is 0 Å². The summed E-state index contributed by atoms with van der Waals surface area (Å²) in [6, 6.07) is 0. The second-order valence-corrected chi connectivity index (χ2v) is 5.32. The van der Waals surface area contributed by atoms with Crippen molar-refractivity contribution in [2.24, 2.45) is 5.73 Å². The summed E-state index contributed by atoms with van der Waals surface area (Å²) in [5, 5.41) is 16.2. The highest BCUT2D eigenvalue weighted by atomic mass is 16.5. The summed E-state index contributed by atoms with van der Waals surface area (Å²) in [4.78, 5) is 2.38. The van der Waals surface area contributed by atoms with Crippen LogP contribution < -0.4 is 10.5 Å². The number of ether oxygens (including phenoxy) is 1. The van der Waals surface area contributed by atoms with Crippen molar-refractivity contribution >= 4 is 5.84 Å². The maximum atomic E-state index is 7.81. The number of aromatic nitrogens is 2. The molecule has 2 heterocycles. The van der Waals surface area contributed by atoms with Crippen LogP contribution in [0.4, 0.5) is 0 Å². The van der Waals surface area contributed by atoms with Crippen LogP contribution in [0.5, 0.6) is 5.88 Å². The summed E-state index contributed by atoms with van der Waals surface area (Å²) in [5.41, 5.74) is 8.23. The lowest BCUT2D eigenvalue weighted by atomic mass is 10.0. The number of nitrogens with two attached hydrogens (primary N) is 1. The van der Waals surface area contributed by atoms with E-state index < -0.39 is 0 Å². The number of nitrogens with one attached hydrogen (secondary N) is 1. The van der Waals surface area contributed by atoms with Crippen molar-refractivity contribution < 1.29 is 4.74 Å². The number of nitrogen functional groups attached to an aromatic ring is 1. The quantitative estimate of drug-likeness (QED) is 0.585. The second-order valence-electron chi connectivity index (χ2n) is 5.32. The third kappa shape index (κ3) is 3.69. The van der Waals surface area contributed by atoms with Crippen molar-refractivity contribution in [2.75, 3.05) is 26.2 Å². The van der Waals surface area contributed by atoms with Gasteiger partial charge in [0.15, 0.2) is 0 Å². The Morgan fingerprint density at radius 1 is 1.24 bits per heavy atom. The summed E-state index contributed by atoms with van der Waals surface area (Å²) < 4.78 is 5.77. The molecular weight excluding hydrogens is 266 g/mol. The first-order chi connectivity index (χ1) is 10.2. The molecule has 0 atom stereocenters. The number of likely N-dealkylation sites (tertiary alicyclic amines) is 1. The zero-order chi connectivity index (χ0) is 15.2. The monoisotopic (exact) mass is 291 g/mol. The van der Waals surface area contributed by atoms with E-state index in [1.165, 1.54) is 12.8 Å². The zero-order valence-electron chi connectivity index (χ0n) is 13.0. The minimum Gasteiger partial charge on any atom is -0.475 e. The minimum absolute atomic E-state index is 0.00706. The van der Waals surface area contributed by atoms with Gasteiger partial charge < -0.3 is 10.5 Å². The number of hydrogen-bond donors (Lipinski definition) is 2. The summed E-state index contributed by atoms with van der Waals surface area (Å²) >= 11 is 0. The largest absolute Gasteiger partial charge is 0.475 e. The Hall–Kier alpha value is -1.69. The first kappa shape index (κ1) is 15.7. The maximum Gasteiger partial charge on any atom is 0.244 e. The lowest BCUT2D eigenvalue weighted by molar-refractivity contribution is 0.229. The molecule has 0 spiro atoms. The summed E-state index contributed by atoms with van der Waals surface area (Å²) in [6.07, 6.45) is 4.09. The molecule has 2 rings (SSSR count). The molecule has 3 N–H and O–H groups in total. The molecule has 0 aliphatic carbocycles. The predicted molar refractivity (Wildman–Crippen MR) is 83.0 cm³/mol. The number of rotatable bonds is 7. The van der Waals surface area contributed by atoms with Crippen molar-refractivity contribution in [3.8, 4) is 5.88 Å². The smallest absolute Gasteiger partial charge is 0.244 e. The number of nitrogens with zero attached hydrogens (tertiary/aromatic N) is 3. The third-order valence-electron chi connectivity index (χ3n) is 3.93. The first-order valence-corrected chi connectivity index (χ1v) is 7.75. The van der Waals surface area contributed by atoms with Crippen molar-refractivity contribution in [2.45, 2.75) is 39.5 Å². The highest BCUT2D eigenvalue weighted by Crippen LogP contribution is 2.22. The molecule has 0 bridgehead atoms. The van der Waals surface area contributed by atoms with Crippen LogP contribution in [0.15, 0.2) is 0 Å². The van der Waals surface area contributed by atoms with Crippen molar-refractivity contribution in [1.82, 2.24) is 15.1 Å². The van der Waals surface area contributed by atoms with Gasteiger partial charge in [-0.05, 0) is 44.3 Å². The van der Waals surface area contributed by atoms with E-state index in [9.17, 15) is 0 Å². The van der Waals surface area contributed by atoms with E-state index in [-0.39, 0.29) is 5.84 Å². The Bertz CT molecular complexity index is 497. The van der Waals surface area contributed by atoms with E-state index in [0.717, 1.165) is 43.7 Å². The Balaban J connectivity index is 2.12. The summed E-state index contributed by atoms with van der Waals surface area (Å²) in [5.74, 6) is 0.406. The van der Waals surface area contributed by atoms with Gasteiger partial charge in [-0.1, -0.05) is 13.8 Å². The average molecular weight is 291 g/mol. The van der Waals surface area contributed by atoms with Crippen LogP contribution in [0.3, 0.4) is 0 Å². The SMILES string of the molecule is CCc1nnc(OCCN2CCCC2)c(C(=N)N)c1CC. The van der Waals surface area contributed by atoms with Crippen LogP contribution in [-0.2, 0) is 12.8 Å². The summed E-state index contributed by atoms with van der Waals surface area (Å²) in [6.45, 7) is 7.80. The highest BCUT2D eigenvalue weighted by molar-refractivity contribution is 5.98. The van der Waals surface area contributed by atoms with E-state index in [1.54, 1.807) is 0 Å². The molecule has 1 aromatic heterocycles. The van der Waals surface area contributed by atoms with Gasteiger partial charge >= 0.3 is 0 Å². The molecule has 0 unspecified atom stereocenters. The van der Waals surface area contributed by atoms with Gasteiger partial charge in [0.05, 0.1) is 11.3 Å². The first-order valence-electron chi connectivity index (χ1n) is 7.75. The fraction of sp³-hybridized carbons (Fsp3) is 0.667. The minimum atomic E-state index is 0.00706. The molecule has 0 saturated carbocycles. The number of hydrogen-bond acceptors (Lipinski definition) is 5. The van der Waals surface area contributed by atoms with Crippen molar-refractivity contribution in [3.05, 3.63) is 16.8 Å². The van der Waals surface area contributed by atoms with Crippen LogP contribution >= 0.6 is 0 Å². The topological polar surface area (TPSA) is 88.1 Å². The van der Waals surface area contributed by atoms with Gasteiger partial charge in [0.1, 0.15) is 12.4 Å². The van der Waals surface area contributed by atoms with Gasteiger partial charge in [-0.25, -0.2) is 0 Å². The van der Waals surface area contributed by atoms with Crippen LogP contribution in [0.1, 0.15) is 43.5 Å². The average Bonchev–Trinajstić information content (AvgIpc) is 2.99. The fourth-order valence-electron chi connectivity index (χ4n) is 2.81. The molecule has 0 amide bonds. The van der Waals surface area contributed by atoms with Gasteiger partial charge in [0.2, 0.25) is 5.88 Å². The van der Waals surface area contributed by atoms with Gasteiger partial charge in [-0.2, -0.15) is 5.10 Å². The van der Waals surface area contributed by atoms with E-state index in [4.69, 9.17) is 15.9 Å². The van der Waals surface area contributed by atoms with Gasteiger partial charge in [-0.15, -0.1) is 5.10 Å². The molecule has 1 aromatic rings. The molecule has 1 aliphatic heterocycles. The van der Waals surface area contributed by atoms with Crippen LogP contribution in [0, 0.1) is 5.41 Å². The molecule has 1 fully saturated rings. The van der Waals surface area contributed by atoms with Gasteiger partial charge in [0.25, 0.3) is 0 Å². The van der Waals surface area contributed by atoms with E-state index in [2.05, 4.69) is 15.1 Å². The second kappa shape index (κ2) is 7.36. The van der Waals surface area contributed by atoms with Crippen molar-refractivity contribution in [1.29, 1.82) is 5.41 Å². The van der Waals surface area contributed by atoms with E-state index >= 15 is 0 Å². The van der Waals surface area contributed by atoms with E-state index in [0.29, 0.717) is 18.1 Å². The van der Waals surface area contributed by atoms with Crippen molar-refractivity contribution in [3.63, 3.8) is 0 Å². The molecule has 0 aromatic carbocycles. The van der Waals surface area contributed by atoms with Gasteiger partial charge in [-0.3, -0.25) is 10.3 Å². The lowest BCUT2D eigenvalue weighted by Gasteiger charge is -2.17.